The molecule has 0 radical (unpaired) electrons. The second-order valence-corrected chi connectivity index (χ2v) is 6.26. The van der Waals surface area contributed by atoms with Crippen LogP contribution in [0.3, 0.4) is 0 Å². The lowest BCUT2D eigenvalue weighted by molar-refractivity contribution is 0.0827. The molecular formula is C19H16N6O2. The van der Waals surface area contributed by atoms with Crippen molar-refractivity contribution >= 4 is 17.1 Å². The van der Waals surface area contributed by atoms with E-state index in [1.54, 1.807) is 51.0 Å². The van der Waals surface area contributed by atoms with Crippen molar-refractivity contribution in [2.24, 2.45) is 0 Å². The fraction of sp³-hybridized carbons (Fsp3) is 0.105. The summed E-state index contributed by atoms with van der Waals surface area (Å²) in [5, 5.41) is 0. The molecule has 4 aromatic heterocycles. The Morgan fingerprint density at radius 1 is 1.00 bits per heavy atom. The minimum Gasteiger partial charge on any atom is -0.345 e. The maximum atomic E-state index is 12.0. The molecule has 0 saturated carbocycles. The van der Waals surface area contributed by atoms with Crippen molar-refractivity contribution in [3.63, 3.8) is 0 Å². The van der Waals surface area contributed by atoms with Crippen molar-refractivity contribution in [2.75, 3.05) is 14.1 Å². The Labute approximate surface area is 153 Å². The average molecular weight is 360 g/mol. The number of hydrogen-bond acceptors (Lipinski definition) is 5. The number of imidazole rings is 1. The highest BCUT2D eigenvalue weighted by molar-refractivity contribution is 5.94. The van der Waals surface area contributed by atoms with Gasteiger partial charge in [-0.15, -0.1) is 0 Å². The summed E-state index contributed by atoms with van der Waals surface area (Å²) in [4.78, 5) is 43.3. The van der Waals surface area contributed by atoms with E-state index in [4.69, 9.17) is 0 Å². The van der Waals surface area contributed by atoms with Crippen LogP contribution in [0.5, 0.6) is 0 Å². The zero-order valence-electron chi connectivity index (χ0n) is 14.7. The topological polar surface area (TPSA) is 108 Å². The normalized spacial score (nSPS) is 10.9. The van der Waals surface area contributed by atoms with Gasteiger partial charge >= 0.3 is 5.69 Å². The molecule has 1 amide bonds. The summed E-state index contributed by atoms with van der Waals surface area (Å²) < 4.78 is 0. The Balaban J connectivity index is 1.74. The third-order valence-electron chi connectivity index (χ3n) is 4.18. The van der Waals surface area contributed by atoms with Crippen LogP contribution in [0.25, 0.3) is 33.5 Å². The van der Waals surface area contributed by atoms with E-state index in [0.717, 1.165) is 16.7 Å². The summed E-state index contributed by atoms with van der Waals surface area (Å²) in [7, 11) is 3.40. The zero-order valence-corrected chi connectivity index (χ0v) is 14.7. The predicted octanol–water partition coefficient (Wildman–Crippen LogP) is 2.08. The van der Waals surface area contributed by atoms with Crippen LogP contribution in [0.2, 0.25) is 0 Å². The summed E-state index contributed by atoms with van der Waals surface area (Å²) in [5.41, 5.74) is 4.48. The van der Waals surface area contributed by atoms with Crippen LogP contribution < -0.4 is 5.69 Å². The van der Waals surface area contributed by atoms with Gasteiger partial charge in [0.05, 0.1) is 16.8 Å². The smallest absolute Gasteiger partial charge is 0.325 e. The molecule has 0 aliphatic carbocycles. The molecule has 0 fully saturated rings. The van der Waals surface area contributed by atoms with E-state index in [0.29, 0.717) is 22.4 Å². The number of aromatic amines is 2. The highest BCUT2D eigenvalue weighted by atomic mass is 16.2. The van der Waals surface area contributed by atoms with Gasteiger partial charge in [-0.25, -0.2) is 9.78 Å². The predicted molar refractivity (Wildman–Crippen MR) is 101 cm³/mol. The SMILES string of the molecule is CN(C)C(=O)c1ccc(-c2cncc(-c3ccnc4[nH]c(=O)[nH]c34)c2)nc1. The van der Waals surface area contributed by atoms with Gasteiger partial charge in [-0.2, -0.15) is 0 Å². The summed E-state index contributed by atoms with van der Waals surface area (Å²) in [6.45, 7) is 0. The average Bonchev–Trinajstić information content (AvgIpc) is 3.07. The molecule has 134 valence electrons. The second kappa shape index (κ2) is 6.49. The summed E-state index contributed by atoms with van der Waals surface area (Å²) in [6.07, 6.45) is 6.61. The molecule has 4 heterocycles. The van der Waals surface area contributed by atoms with Crippen molar-refractivity contribution in [3.05, 3.63) is 65.1 Å². The number of H-pyrrole nitrogens is 2. The first kappa shape index (κ1) is 16.6. The van der Waals surface area contributed by atoms with Gasteiger partial charge in [-0.3, -0.25) is 19.7 Å². The molecule has 0 atom stereocenters. The van der Waals surface area contributed by atoms with E-state index in [1.165, 1.54) is 4.90 Å². The number of rotatable bonds is 3. The number of carbonyl (C=O) groups is 1. The molecule has 0 bridgehead atoms. The fourth-order valence-corrected chi connectivity index (χ4v) is 2.85. The monoisotopic (exact) mass is 360 g/mol. The molecule has 2 N–H and O–H groups in total. The van der Waals surface area contributed by atoms with Crippen LogP contribution in [0, 0.1) is 0 Å². The van der Waals surface area contributed by atoms with Gasteiger partial charge in [0.2, 0.25) is 0 Å². The van der Waals surface area contributed by atoms with Crippen molar-refractivity contribution < 1.29 is 4.79 Å². The number of nitrogens with zero attached hydrogens (tertiary/aromatic N) is 4. The molecule has 0 saturated heterocycles. The van der Waals surface area contributed by atoms with Crippen LogP contribution in [-0.4, -0.2) is 49.8 Å². The lowest BCUT2D eigenvalue weighted by Crippen LogP contribution is -2.21. The second-order valence-electron chi connectivity index (χ2n) is 6.26. The number of pyridine rings is 3. The molecule has 8 heteroatoms. The van der Waals surface area contributed by atoms with E-state index in [-0.39, 0.29) is 11.6 Å². The quantitative estimate of drug-likeness (QED) is 0.581. The van der Waals surface area contributed by atoms with Crippen molar-refractivity contribution in [3.8, 4) is 22.4 Å². The third-order valence-corrected chi connectivity index (χ3v) is 4.18. The van der Waals surface area contributed by atoms with Crippen LogP contribution in [0.1, 0.15) is 10.4 Å². The van der Waals surface area contributed by atoms with Crippen LogP contribution in [0.15, 0.2) is 53.8 Å². The fourth-order valence-electron chi connectivity index (χ4n) is 2.85. The molecule has 8 nitrogen and oxygen atoms in total. The summed E-state index contributed by atoms with van der Waals surface area (Å²) in [6, 6.07) is 7.28. The minimum absolute atomic E-state index is 0.100. The molecule has 4 aromatic rings. The zero-order chi connectivity index (χ0) is 19.0. The van der Waals surface area contributed by atoms with Gasteiger partial charge in [0, 0.05) is 55.6 Å². The first-order chi connectivity index (χ1) is 13.0. The number of carbonyl (C=O) groups excluding carboxylic acids is 1. The van der Waals surface area contributed by atoms with E-state index in [1.807, 2.05) is 12.1 Å². The van der Waals surface area contributed by atoms with E-state index in [2.05, 4.69) is 24.9 Å². The van der Waals surface area contributed by atoms with E-state index < -0.39 is 0 Å². The molecule has 0 spiro atoms. The number of amides is 1. The number of hydrogen-bond donors (Lipinski definition) is 2. The van der Waals surface area contributed by atoms with Gasteiger partial charge < -0.3 is 9.88 Å². The Kier molecular flexibility index (Phi) is 4.00. The molecule has 0 aliphatic heterocycles. The molecular weight excluding hydrogens is 344 g/mol. The minimum atomic E-state index is -0.308. The maximum absolute atomic E-state index is 12.0. The Morgan fingerprint density at radius 3 is 2.56 bits per heavy atom. The van der Waals surface area contributed by atoms with E-state index in [9.17, 15) is 9.59 Å². The van der Waals surface area contributed by atoms with Gasteiger partial charge in [-0.05, 0) is 24.3 Å². The van der Waals surface area contributed by atoms with Crippen LogP contribution in [0.4, 0.5) is 0 Å². The number of aromatic nitrogens is 5. The Morgan fingerprint density at radius 2 is 1.81 bits per heavy atom. The summed E-state index contributed by atoms with van der Waals surface area (Å²) >= 11 is 0. The van der Waals surface area contributed by atoms with Gasteiger partial charge in [-0.1, -0.05) is 0 Å². The van der Waals surface area contributed by atoms with Gasteiger partial charge in [0.15, 0.2) is 5.65 Å². The van der Waals surface area contributed by atoms with E-state index >= 15 is 0 Å². The molecule has 4 rings (SSSR count). The number of fused-ring (bicyclic) bond motifs is 1. The van der Waals surface area contributed by atoms with Crippen LogP contribution >= 0.6 is 0 Å². The number of nitrogens with one attached hydrogen (secondary N) is 2. The first-order valence-electron chi connectivity index (χ1n) is 8.23. The highest BCUT2D eigenvalue weighted by Crippen LogP contribution is 2.27. The Hall–Kier alpha value is -3.81. The third kappa shape index (κ3) is 3.08. The van der Waals surface area contributed by atoms with Crippen molar-refractivity contribution in [1.29, 1.82) is 0 Å². The lowest BCUT2D eigenvalue weighted by Gasteiger charge is -2.10. The largest absolute Gasteiger partial charge is 0.345 e. The lowest BCUT2D eigenvalue weighted by atomic mass is 10.0. The van der Waals surface area contributed by atoms with Gasteiger partial charge in [0.1, 0.15) is 0 Å². The standard InChI is InChI=1S/C19H16N6O2/c1-25(2)18(26)11-3-4-15(22-10-11)13-7-12(8-20-9-13)14-5-6-21-17-16(14)23-19(27)24-17/h3-10H,1-2H3,(H2,21,23,24,27). The summed E-state index contributed by atoms with van der Waals surface area (Å²) in [5.74, 6) is -0.100. The molecule has 0 unspecified atom stereocenters. The highest BCUT2D eigenvalue weighted by Gasteiger charge is 2.11. The van der Waals surface area contributed by atoms with Crippen molar-refractivity contribution in [2.45, 2.75) is 0 Å². The molecule has 27 heavy (non-hydrogen) atoms. The maximum Gasteiger partial charge on any atom is 0.325 e. The first-order valence-corrected chi connectivity index (χ1v) is 8.23. The van der Waals surface area contributed by atoms with Gasteiger partial charge in [0.25, 0.3) is 5.91 Å². The van der Waals surface area contributed by atoms with Crippen LogP contribution in [-0.2, 0) is 0 Å². The molecule has 0 aliphatic rings. The van der Waals surface area contributed by atoms with Crippen molar-refractivity contribution in [1.82, 2.24) is 29.8 Å². The molecule has 0 aromatic carbocycles. The Bertz CT molecular complexity index is 1190.